The first-order valence-corrected chi connectivity index (χ1v) is 4.43. The Kier molecular flexibility index (Phi) is 2.94. The fourth-order valence-corrected chi connectivity index (χ4v) is 2.01. The molecule has 0 aromatic rings. The van der Waals surface area contributed by atoms with Gasteiger partial charge in [-0.25, -0.2) is 0 Å². The Morgan fingerprint density at radius 1 is 0.889 bits per heavy atom. The van der Waals surface area contributed by atoms with Gasteiger partial charge in [0.05, 0.1) is 10.8 Å². The zero-order valence-corrected chi connectivity index (χ0v) is 7.26. The van der Waals surface area contributed by atoms with Gasteiger partial charge in [0.2, 0.25) is 0 Å². The SMILES string of the molecule is Cl[C@@H]1CC[C@H](Cl)[C@H](Cl)C1. The minimum atomic E-state index is 0.0860. The second-order valence-electron chi connectivity index (χ2n) is 2.44. The highest BCUT2D eigenvalue weighted by molar-refractivity contribution is 6.31. The number of rotatable bonds is 0. The highest BCUT2D eigenvalue weighted by atomic mass is 35.5. The van der Waals surface area contributed by atoms with Gasteiger partial charge in [0.25, 0.3) is 0 Å². The van der Waals surface area contributed by atoms with Crippen LogP contribution in [0.2, 0.25) is 0 Å². The lowest BCUT2D eigenvalue weighted by molar-refractivity contribution is 0.524. The topological polar surface area (TPSA) is 0 Å². The lowest BCUT2D eigenvalue weighted by Gasteiger charge is -2.24. The van der Waals surface area contributed by atoms with E-state index in [1.165, 1.54) is 0 Å². The lowest BCUT2D eigenvalue weighted by atomic mass is 9.99. The van der Waals surface area contributed by atoms with Crippen molar-refractivity contribution in [2.45, 2.75) is 35.4 Å². The van der Waals surface area contributed by atoms with Crippen molar-refractivity contribution in [3.8, 4) is 0 Å². The molecule has 54 valence electrons. The van der Waals surface area contributed by atoms with E-state index in [4.69, 9.17) is 34.8 Å². The molecule has 0 saturated heterocycles. The van der Waals surface area contributed by atoms with Gasteiger partial charge >= 0.3 is 0 Å². The lowest BCUT2D eigenvalue weighted by Crippen LogP contribution is -2.25. The van der Waals surface area contributed by atoms with E-state index >= 15 is 0 Å². The number of hydrogen-bond donors (Lipinski definition) is 0. The highest BCUT2D eigenvalue weighted by Gasteiger charge is 2.25. The molecule has 0 amide bonds. The summed E-state index contributed by atoms with van der Waals surface area (Å²) in [5.41, 5.74) is 0. The summed E-state index contributed by atoms with van der Waals surface area (Å²) in [7, 11) is 0. The molecule has 0 aromatic carbocycles. The summed E-state index contributed by atoms with van der Waals surface area (Å²) in [5.74, 6) is 0. The molecule has 0 spiro atoms. The predicted molar refractivity (Wildman–Crippen MR) is 42.8 cm³/mol. The molecule has 0 heterocycles. The van der Waals surface area contributed by atoms with Gasteiger partial charge in [-0.05, 0) is 19.3 Å². The van der Waals surface area contributed by atoms with Crippen LogP contribution in [0.1, 0.15) is 19.3 Å². The van der Waals surface area contributed by atoms with Gasteiger partial charge in [0.15, 0.2) is 0 Å². The van der Waals surface area contributed by atoms with Gasteiger partial charge in [0, 0.05) is 5.38 Å². The van der Waals surface area contributed by atoms with Gasteiger partial charge in [-0.15, -0.1) is 34.8 Å². The summed E-state index contributed by atoms with van der Waals surface area (Å²) in [6.45, 7) is 0. The summed E-state index contributed by atoms with van der Waals surface area (Å²) in [5, 5.41) is 0.479. The summed E-state index contributed by atoms with van der Waals surface area (Å²) in [6.07, 6.45) is 2.83. The number of halogens is 3. The van der Waals surface area contributed by atoms with E-state index in [9.17, 15) is 0 Å². The smallest absolute Gasteiger partial charge is 0.0513 e. The molecule has 0 N–H and O–H groups in total. The maximum Gasteiger partial charge on any atom is 0.0513 e. The molecule has 0 unspecified atom stereocenters. The van der Waals surface area contributed by atoms with Crippen LogP contribution in [-0.2, 0) is 0 Å². The van der Waals surface area contributed by atoms with E-state index in [0.717, 1.165) is 19.3 Å². The first kappa shape index (κ1) is 7.97. The van der Waals surface area contributed by atoms with Gasteiger partial charge in [-0.2, -0.15) is 0 Å². The van der Waals surface area contributed by atoms with Crippen LogP contribution in [0.3, 0.4) is 0 Å². The third-order valence-electron chi connectivity index (χ3n) is 1.63. The second-order valence-corrected chi connectivity index (χ2v) is 4.18. The van der Waals surface area contributed by atoms with E-state index in [1.54, 1.807) is 0 Å². The number of hydrogen-bond acceptors (Lipinski definition) is 0. The molecule has 0 radical (unpaired) electrons. The van der Waals surface area contributed by atoms with Crippen molar-refractivity contribution in [3.05, 3.63) is 0 Å². The molecular weight excluding hydrogens is 178 g/mol. The quantitative estimate of drug-likeness (QED) is 0.512. The summed E-state index contributed by atoms with van der Waals surface area (Å²) in [6, 6.07) is 0. The van der Waals surface area contributed by atoms with Crippen LogP contribution in [0, 0.1) is 0 Å². The molecule has 1 aliphatic carbocycles. The minimum absolute atomic E-state index is 0.0860. The normalized spacial score (nSPS) is 45.0. The van der Waals surface area contributed by atoms with Crippen molar-refractivity contribution in [1.29, 1.82) is 0 Å². The summed E-state index contributed by atoms with van der Waals surface area (Å²) in [4.78, 5) is 0. The maximum absolute atomic E-state index is 5.85. The Morgan fingerprint density at radius 2 is 1.56 bits per heavy atom. The molecule has 1 saturated carbocycles. The molecule has 0 aliphatic heterocycles. The molecule has 3 atom stereocenters. The predicted octanol–water partition coefficient (Wildman–Crippen LogP) is 2.99. The van der Waals surface area contributed by atoms with Crippen molar-refractivity contribution < 1.29 is 0 Å². The minimum Gasteiger partial charge on any atom is -0.123 e. The number of alkyl halides is 3. The third kappa shape index (κ3) is 2.18. The summed E-state index contributed by atoms with van der Waals surface area (Å²) >= 11 is 17.5. The molecular formula is C6H9Cl3. The Bertz CT molecular complexity index is 94.3. The average molecular weight is 187 g/mol. The first-order valence-electron chi connectivity index (χ1n) is 3.12. The van der Waals surface area contributed by atoms with Crippen molar-refractivity contribution in [2.75, 3.05) is 0 Å². The highest BCUT2D eigenvalue weighted by Crippen LogP contribution is 2.30. The maximum atomic E-state index is 5.85. The molecule has 1 fully saturated rings. The Morgan fingerprint density at radius 3 is 2.00 bits per heavy atom. The van der Waals surface area contributed by atoms with Crippen molar-refractivity contribution >= 4 is 34.8 Å². The third-order valence-corrected chi connectivity index (χ3v) is 3.16. The van der Waals surface area contributed by atoms with Gasteiger partial charge in [0.1, 0.15) is 0 Å². The van der Waals surface area contributed by atoms with E-state index < -0.39 is 0 Å². The van der Waals surface area contributed by atoms with Crippen LogP contribution >= 0.6 is 34.8 Å². The fourth-order valence-electron chi connectivity index (χ4n) is 1.03. The van der Waals surface area contributed by atoms with Crippen molar-refractivity contribution in [3.63, 3.8) is 0 Å². The van der Waals surface area contributed by atoms with Crippen molar-refractivity contribution in [1.82, 2.24) is 0 Å². The van der Waals surface area contributed by atoms with Gasteiger partial charge in [-0.3, -0.25) is 0 Å². The Labute approximate surface area is 70.5 Å². The van der Waals surface area contributed by atoms with Crippen LogP contribution in [-0.4, -0.2) is 16.1 Å². The van der Waals surface area contributed by atoms with Crippen LogP contribution in [0.5, 0.6) is 0 Å². The van der Waals surface area contributed by atoms with E-state index in [-0.39, 0.29) is 16.1 Å². The van der Waals surface area contributed by atoms with Gasteiger partial charge in [-0.1, -0.05) is 0 Å². The Balaban J connectivity index is 2.35. The average Bonchev–Trinajstić information content (AvgIpc) is 1.80. The molecule has 1 aliphatic rings. The second kappa shape index (κ2) is 3.32. The summed E-state index contributed by atoms with van der Waals surface area (Å²) < 4.78 is 0. The van der Waals surface area contributed by atoms with Crippen LogP contribution in [0.4, 0.5) is 0 Å². The zero-order chi connectivity index (χ0) is 6.85. The van der Waals surface area contributed by atoms with E-state index in [1.807, 2.05) is 0 Å². The molecule has 1 rings (SSSR count). The largest absolute Gasteiger partial charge is 0.123 e. The molecule has 0 bridgehead atoms. The van der Waals surface area contributed by atoms with E-state index in [0.29, 0.717) is 0 Å². The van der Waals surface area contributed by atoms with Crippen LogP contribution in [0.15, 0.2) is 0 Å². The first-order chi connectivity index (χ1) is 4.20. The molecule has 0 nitrogen and oxygen atoms in total. The molecule has 9 heavy (non-hydrogen) atoms. The van der Waals surface area contributed by atoms with Crippen molar-refractivity contribution in [2.24, 2.45) is 0 Å². The molecule has 0 aromatic heterocycles. The van der Waals surface area contributed by atoms with Crippen LogP contribution < -0.4 is 0 Å². The van der Waals surface area contributed by atoms with E-state index in [2.05, 4.69) is 0 Å². The fraction of sp³-hybridized carbons (Fsp3) is 1.00. The monoisotopic (exact) mass is 186 g/mol. The Hall–Kier alpha value is 0.870. The zero-order valence-electron chi connectivity index (χ0n) is 4.99. The standard InChI is InChI=1S/C6H9Cl3/c7-4-1-2-5(8)6(9)3-4/h4-6H,1-3H2/t4-,5+,6-/m1/s1. The molecule has 3 heteroatoms. The van der Waals surface area contributed by atoms with Gasteiger partial charge < -0.3 is 0 Å². The van der Waals surface area contributed by atoms with Crippen LogP contribution in [0.25, 0.3) is 0 Å².